The van der Waals surface area contributed by atoms with Gasteiger partial charge in [0.1, 0.15) is 0 Å². The van der Waals surface area contributed by atoms with Gasteiger partial charge in [0.25, 0.3) is 0 Å². The normalized spacial score (nSPS) is 25.1. The van der Waals surface area contributed by atoms with Crippen molar-refractivity contribution in [3.63, 3.8) is 0 Å². The third kappa shape index (κ3) is 11.1. The number of hydrogen-bond donors (Lipinski definition) is 4. The molecule has 1 fully saturated rings. The Morgan fingerprint density at radius 2 is 1.83 bits per heavy atom. The number of primary amides is 1. The Hall–Kier alpha value is -1.50. The second-order valence-electron chi connectivity index (χ2n) is 7.85. The number of alkyl carbamates (subject to hydrolysis) is 1. The van der Waals surface area contributed by atoms with Crippen LogP contribution in [0.5, 0.6) is 0 Å². The standard InChI is InChI=1S/C16H32N2O2.CH3NO2/c1-5-6-7-8-20-14(19)18-12-16(4)10-13(17)9-15(2,3)11-16;2-1(3)4/h13H,5-12,17H2,1-4H3,(H,18,19);2H2,(H,3,4). The molecule has 0 aromatic rings. The van der Waals surface area contributed by atoms with Crippen molar-refractivity contribution < 1.29 is 19.4 Å². The minimum absolute atomic E-state index is 0.0730. The van der Waals surface area contributed by atoms with Crippen LogP contribution in [-0.4, -0.2) is 36.5 Å². The number of rotatable bonds is 6. The summed E-state index contributed by atoms with van der Waals surface area (Å²) in [7, 11) is 0. The molecule has 7 nitrogen and oxygen atoms in total. The molecule has 2 atom stereocenters. The predicted molar refractivity (Wildman–Crippen MR) is 94.8 cm³/mol. The molecule has 24 heavy (non-hydrogen) atoms. The second kappa shape index (κ2) is 10.4. The van der Waals surface area contributed by atoms with Gasteiger partial charge < -0.3 is 26.6 Å². The van der Waals surface area contributed by atoms with Crippen molar-refractivity contribution in [2.45, 2.75) is 72.3 Å². The Labute approximate surface area is 145 Å². The average Bonchev–Trinajstić information content (AvgIpc) is 2.38. The summed E-state index contributed by atoms with van der Waals surface area (Å²) in [4.78, 5) is 20.4. The molecular formula is C17H35N3O4. The monoisotopic (exact) mass is 345 g/mol. The number of amides is 2. The second-order valence-corrected chi connectivity index (χ2v) is 7.85. The molecule has 1 aliphatic carbocycles. The smallest absolute Gasteiger partial charge is 0.407 e. The first-order valence-electron chi connectivity index (χ1n) is 8.64. The van der Waals surface area contributed by atoms with E-state index in [9.17, 15) is 4.79 Å². The van der Waals surface area contributed by atoms with Crippen LogP contribution in [0.1, 0.15) is 66.2 Å². The maximum absolute atomic E-state index is 11.7. The first-order chi connectivity index (χ1) is 11.0. The first kappa shape index (κ1) is 22.5. The van der Waals surface area contributed by atoms with Crippen LogP contribution < -0.4 is 16.8 Å². The number of carbonyl (C=O) groups is 2. The van der Waals surface area contributed by atoms with Gasteiger partial charge in [0.15, 0.2) is 0 Å². The van der Waals surface area contributed by atoms with Crippen molar-refractivity contribution in [3.05, 3.63) is 0 Å². The lowest BCUT2D eigenvalue weighted by molar-refractivity contribution is 0.0776. The summed E-state index contributed by atoms with van der Waals surface area (Å²) in [5, 5.41) is 10.1. The van der Waals surface area contributed by atoms with Crippen molar-refractivity contribution in [1.82, 2.24) is 5.32 Å². The Morgan fingerprint density at radius 3 is 2.33 bits per heavy atom. The summed E-state index contributed by atoms with van der Waals surface area (Å²) >= 11 is 0. The summed E-state index contributed by atoms with van der Waals surface area (Å²) < 4.78 is 5.18. The molecular weight excluding hydrogens is 310 g/mol. The minimum atomic E-state index is -1.33. The number of carboxylic acid groups (broad SMARTS) is 1. The fourth-order valence-electron chi connectivity index (χ4n) is 3.70. The quantitative estimate of drug-likeness (QED) is 0.550. The molecule has 0 bridgehead atoms. The van der Waals surface area contributed by atoms with Crippen molar-refractivity contribution in [3.8, 4) is 0 Å². The van der Waals surface area contributed by atoms with Gasteiger partial charge in [-0.1, -0.05) is 40.5 Å². The van der Waals surface area contributed by atoms with Crippen LogP contribution in [0.25, 0.3) is 0 Å². The molecule has 142 valence electrons. The minimum Gasteiger partial charge on any atom is -0.465 e. The van der Waals surface area contributed by atoms with Gasteiger partial charge in [-0.15, -0.1) is 0 Å². The average molecular weight is 345 g/mol. The van der Waals surface area contributed by atoms with Crippen LogP contribution in [0.4, 0.5) is 9.59 Å². The SMILES string of the molecule is CCCCCOC(=O)NCC1(C)CC(N)CC(C)(C)C1.NC(=O)O. The number of hydrogen-bond acceptors (Lipinski definition) is 4. The number of unbranched alkanes of at least 4 members (excludes halogenated alkanes) is 2. The summed E-state index contributed by atoms with van der Waals surface area (Å²) in [6, 6.07) is 0.228. The van der Waals surface area contributed by atoms with E-state index in [1.807, 2.05) is 0 Å². The van der Waals surface area contributed by atoms with Crippen LogP contribution in [0, 0.1) is 10.8 Å². The largest absolute Gasteiger partial charge is 0.465 e. The van der Waals surface area contributed by atoms with E-state index in [4.69, 9.17) is 20.4 Å². The van der Waals surface area contributed by atoms with E-state index >= 15 is 0 Å². The van der Waals surface area contributed by atoms with Crippen molar-refractivity contribution in [1.29, 1.82) is 0 Å². The van der Waals surface area contributed by atoms with Crippen molar-refractivity contribution in [2.24, 2.45) is 22.3 Å². The Kier molecular flexibility index (Phi) is 9.73. The molecule has 0 saturated heterocycles. The highest BCUT2D eigenvalue weighted by molar-refractivity contribution is 5.67. The highest BCUT2D eigenvalue weighted by Gasteiger charge is 2.40. The fourth-order valence-corrected chi connectivity index (χ4v) is 3.70. The maximum Gasteiger partial charge on any atom is 0.407 e. The predicted octanol–water partition coefficient (Wildman–Crippen LogP) is 3.07. The molecule has 0 heterocycles. The van der Waals surface area contributed by atoms with Gasteiger partial charge in [0.05, 0.1) is 6.61 Å². The maximum atomic E-state index is 11.7. The number of ether oxygens (including phenoxy) is 1. The molecule has 1 saturated carbocycles. The van der Waals surface area contributed by atoms with E-state index in [0.29, 0.717) is 13.2 Å². The van der Waals surface area contributed by atoms with E-state index < -0.39 is 6.09 Å². The molecule has 0 radical (unpaired) electrons. The zero-order valence-corrected chi connectivity index (χ0v) is 15.6. The van der Waals surface area contributed by atoms with E-state index in [1.54, 1.807) is 0 Å². The summed E-state index contributed by atoms with van der Waals surface area (Å²) in [5.74, 6) is 0. The van der Waals surface area contributed by atoms with Gasteiger partial charge in [-0.2, -0.15) is 0 Å². The van der Waals surface area contributed by atoms with E-state index in [1.165, 1.54) is 0 Å². The first-order valence-corrected chi connectivity index (χ1v) is 8.64. The Bertz CT molecular complexity index is 397. The van der Waals surface area contributed by atoms with Crippen LogP contribution in [0.3, 0.4) is 0 Å². The lowest BCUT2D eigenvalue weighted by Gasteiger charge is -2.45. The van der Waals surface area contributed by atoms with Crippen LogP contribution in [0.15, 0.2) is 0 Å². The molecule has 0 aliphatic heterocycles. The molecule has 6 N–H and O–H groups in total. The summed E-state index contributed by atoms with van der Waals surface area (Å²) in [6.07, 6.45) is 4.67. The Balaban J connectivity index is 0.00000118. The zero-order valence-electron chi connectivity index (χ0n) is 15.6. The van der Waals surface area contributed by atoms with Gasteiger partial charge >= 0.3 is 12.2 Å². The Morgan fingerprint density at radius 1 is 1.25 bits per heavy atom. The molecule has 0 aromatic heterocycles. The topological polar surface area (TPSA) is 128 Å². The molecule has 7 heteroatoms. The van der Waals surface area contributed by atoms with Gasteiger partial charge in [-0.25, -0.2) is 9.59 Å². The van der Waals surface area contributed by atoms with E-state index in [-0.39, 0.29) is 23.0 Å². The molecule has 1 rings (SSSR count). The van der Waals surface area contributed by atoms with Crippen molar-refractivity contribution >= 4 is 12.2 Å². The van der Waals surface area contributed by atoms with Gasteiger partial charge in [0.2, 0.25) is 0 Å². The van der Waals surface area contributed by atoms with Gasteiger partial charge in [-0.3, -0.25) is 0 Å². The van der Waals surface area contributed by atoms with Crippen LogP contribution in [0.2, 0.25) is 0 Å². The highest BCUT2D eigenvalue weighted by Crippen LogP contribution is 2.45. The van der Waals surface area contributed by atoms with Crippen molar-refractivity contribution in [2.75, 3.05) is 13.2 Å². The number of nitrogens with two attached hydrogens (primary N) is 2. The molecule has 0 aromatic carbocycles. The van der Waals surface area contributed by atoms with E-state index in [2.05, 4.69) is 38.7 Å². The third-order valence-corrected chi connectivity index (χ3v) is 4.12. The number of nitrogens with one attached hydrogen (secondary N) is 1. The van der Waals surface area contributed by atoms with Gasteiger partial charge in [0, 0.05) is 12.6 Å². The van der Waals surface area contributed by atoms with Crippen LogP contribution in [-0.2, 0) is 4.74 Å². The third-order valence-electron chi connectivity index (χ3n) is 4.12. The van der Waals surface area contributed by atoms with E-state index in [0.717, 1.165) is 38.5 Å². The fraction of sp³-hybridized carbons (Fsp3) is 0.882. The molecule has 1 aliphatic rings. The number of carbonyl (C=O) groups excluding carboxylic acids is 1. The summed E-state index contributed by atoms with van der Waals surface area (Å²) in [5.41, 5.74) is 10.5. The molecule has 0 spiro atoms. The molecule has 2 amide bonds. The highest BCUT2D eigenvalue weighted by atomic mass is 16.5. The molecule has 2 unspecified atom stereocenters. The summed E-state index contributed by atoms with van der Waals surface area (Å²) in [6.45, 7) is 10.0. The lowest BCUT2D eigenvalue weighted by atomic mass is 9.63. The zero-order chi connectivity index (χ0) is 18.8. The van der Waals surface area contributed by atoms with Crippen LogP contribution >= 0.6 is 0 Å². The van der Waals surface area contributed by atoms with Gasteiger partial charge in [-0.05, 0) is 36.5 Å². The lowest BCUT2D eigenvalue weighted by Crippen LogP contribution is -2.47.